The van der Waals surface area contributed by atoms with Gasteiger partial charge in [-0.15, -0.1) is 0 Å². The van der Waals surface area contributed by atoms with Crippen LogP contribution < -0.4 is 9.46 Å². The molecule has 0 aromatic heterocycles. The fraction of sp³-hybridized carbons (Fsp3) is 0.200. The summed E-state index contributed by atoms with van der Waals surface area (Å²) >= 11 is 11.8. The van der Waals surface area contributed by atoms with Crippen LogP contribution in [0.3, 0.4) is 0 Å². The van der Waals surface area contributed by atoms with Gasteiger partial charge in [0.15, 0.2) is 0 Å². The van der Waals surface area contributed by atoms with Crippen LogP contribution in [0, 0.1) is 6.92 Å². The van der Waals surface area contributed by atoms with E-state index in [0.29, 0.717) is 17.4 Å². The fourth-order valence-electron chi connectivity index (χ4n) is 1.89. The van der Waals surface area contributed by atoms with Gasteiger partial charge in [-0.3, -0.25) is 4.72 Å². The van der Waals surface area contributed by atoms with Gasteiger partial charge in [0, 0.05) is 5.02 Å². The number of rotatable bonds is 5. The van der Waals surface area contributed by atoms with Crippen molar-refractivity contribution in [2.75, 3.05) is 11.3 Å². The van der Waals surface area contributed by atoms with Gasteiger partial charge in [-0.2, -0.15) is 0 Å². The van der Waals surface area contributed by atoms with Gasteiger partial charge in [0.05, 0.1) is 22.2 Å². The summed E-state index contributed by atoms with van der Waals surface area (Å²) in [4.78, 5) is 0.129. The molecule has 0 radical (unpaired) electrons. The van der Waals surface area contributed by atoms with Crippen LogP contribution >= 0.6 is 23.2 Å². The Labute approximate surface area is 140 Å². The van der Waals surface area contributed by atoms with Crippen LogP contribution in [0.5, 0.6) is 5.75 Å². The molecule has 0 aliphatic rings. The van der Waals surface area contributed by atoms with Gasteiger partial charge in [-0.05, 0) is 55.8 Å². The lowest BCUT2D eigenvalue weighted by atomic mass is 10.2. The van der Waals surface area contributed by atoms with Gasteiger partial charge in [-0.25, -0.2) is 8.42 Å². The van der Waals surface area contributed by atoms with Crippen molar-refractivity contribution in [2.24, 2.45) is 0 Å². The summed E-state index contributed by atoms with van der Waals surface area (Å²) in [7, 11) is -3.76. The lowest BCUT2D eigenvalue weighted by Gasteiger charge is -2.12. The van der Waals surface area contributed by atoms with E-state index in [9.17, 15) is 8.42 Å². The maximum Gasteiger partial charge on any atom is 0.261 e. The number of ether oxygens (including phenoxy) is 1. The van der Waals surface area contributed by atoms with Gasteiger partial charge < -0.3 is 4.74 Å². The zero-order chi connectivity index (χ0) is 16.3. The Morgan fingerprint density at radius 2 is 1.86 bits per heavy atom. The van der Waals surface area contributed by atoms with Gasteiger partial charge >= 0.3 is 0 Å². The third-order valence-electron chi connectivity index (χ3n) is 2.93. The lowest BCUT2D eigenvalue weighted by molar-refractivity contribution is 0.337. The second-order valence-corrected chi connectivity index (χ2v) is 7.12. The predicted octanol–water partition coefficient (Wildman–Crippen LogP) is 4.50. The summed E-state index contributed by atoms with van der Waals surface area (Å²) in [6.07, 6.45) is 0. The standard InChI is InChI=1S/C15H15Cl2NO3S/c1-3-21-15-7-5-12(8-10(15)2)22(19,20)18-14-9-11(16)4-6-13(14)17/h4-9,18H,3H2,1-2H3. The molecule has 22 heavy (non-hydrogen) atoms. The SMILES string of the molecule is CCOc1ccc(S(=O)(=O)Nc2cc(Cl)ccc2Cl)cc1C. The van der Waals surface area contributed by atoms with Crippen molar-refractivity contribution in [1.29, 1.82) is 0 Å². The molecule has 0 spiro atoms. The molecule has 0 aliphatic carbocycles. The number of benzene rings is 2. The van der Waals surface area contributed by atoms with Crippen molar-refractivity contribution in [3.8, 4) is 5.75 Å². The van der Waals surface area contributed by atoms with Crippen molar-refractivity contribution >= 4 is 38.9 Å². The molecule has 0 saturated heterocycles. The topological polar surface area (TPSA) is 55.4 Å². The van der Waals surface area contributed by atoms with Crippen molar-refractivity contribution in [3.05, 3.63) is 52.0 Å². The quantitative estimate of drug-likeness (QED) is 0.854. The Morgan fingerprint density at radius 1 is 1.14 bits per heavy atom. The van der Waals surface area contributed by atoms with E-state index in [2.05, 4.69) is 4.72 Å². The smallest absolute Gasteiger partial charge is 0.261 e. The van der Waals surface area contributed by atoms with Crippen LogP contribution in [-0.2, 0) is 10.0 Å². The van der Waals surface area contributed by atoms with E-state index in [1.807, 2.05) is 6.92 Å². The normalized spacial score (nSPS) is 11.3. The van der Waals surface area contributed by atoms with Crippen LogP contribution in [0.15, 0.2) is 41.3 Å². The largest absolute Gasteiger partial charge is 0.494 e. The first-order chi connectivity index (χ1) is 10.3. The van der Waals surface area contributed by atoms with Crippen molar-refractivity contribution in [2.45, 2.75) is 18.7 Å². The first kappa shape index (κ1) is 16.9. The minimum absolute atomic E-state index is 0.129. The van der Waals surface area contributed by atoms with Gasteiger partial charge in [-0.1, -0.05) is 23.2 Å². The predicted molar refractivity (Wildman–Crippen MR) is 89.6 cm³/mol. The van der Waals surface area contributed by atoms with Crippen molar-refractivity contribution in [1.82, 2.24) is 0 Å². The van der Waals surface area contributed by atoms with Crippen LogP contribution in [-0.4, -0.2) is 15.0 Å². The Morgan fingerprint density at radius 3 is 2.50 bits per heavy atom. The molecule has 0 unspecified atom stereocenters. The highest BCUT2D eigenvalue weighted by Gasteiger charge is 2.17. The number of sulfonamides is 1. The molecule has 0 heterocycles. The number of halogens is 2. The second kappa shape index (κ2) is 6.77. The van der Waals surface area contributed by atoms with E-state index in [-0.39, 0.29) is 15.6 Å². The first-order valence-corrected chi connectivity index (χ1v) is 8.78. The van der Waals surface area contributed by atoms with Gasteiger partial charge in [0.2, 0.25) is 0 Å². The number of nitrogens with one attached hydrogen (secondary N) is 1. The Bertz CT molecular complexity index is 791. The monoisotopic (exact) mass is 359 g/mol. The molecule has 2 aromatic carbocycles. The summed E-state index contributed by atoms with van der Waals surface area (Å²) < 4.78 is 32.7. The third kappa shape index (κ3) is 3.85. The fourth-order valence-corrected chi connectivity index (χ4v) is 3.43. The van der Waals surface area contributed by atoms with E-state index in [1.54, 1.807) is 25.1 Å². The molecule has 2 rings (SSSR count). The maximum atomic E-state index is 12.4. The molecule has 0 atom stereocenters. The summed E-state index contributed by atoms with van der Waals surface area (Å²) in [5, 5.41) is 0.667. The molecule has 2 aromatic rings. The zero-order valence-corrected chi connectivity index (χ0v) is 14.4. The molecule has 4 nitrogen and oxygen atoms in total. The molecular formula is C15H15Cl2NO3S. The van der Waals surface area contributed by atoms with Crippen LogP contribution in [0.4, 0.5) is 5.69 Å². The van der Waals surface area contributed by atoms with Crippen LogP contribution in [0.1, 0.15) is 12.5 Å². The average molecular weight is 360 g/mol. The minimum Gasteiger partial charge on any atom is -0.494 e. The third-order valence-corrected chi connectivity index (χ3v) is 4.86. The van der Waals surface area contributed by atoms with E-state index < -0.39 is 10.0 Å². The second-order valence-electron chi connectivity index (χ2n) is 4.59. The molecule has 0 bridgehead atoms. The summed E-state index contributed by atoms with van der Waals surface area (Å²) in [6, 6.07) is 9.24. The lowest BCUT2D eigenvalue weighted by Crippen LogP contribution is -2.13. The average Bonchev–Trinajstić information content (AvgIpc) is 2.45. The highest BCUT2D eigenvalue weighted by molar-refractivity contribution is 7.92. The number of aryl methyl sites for hydroxylation is 1. The highest BCUT2D eigenvalue weighted by atomic mass is 35.5. The van der Waals surface area contributed by atoms with Gasteiger partial charge in [0.25, 0.3) is 10.0 Å². The summed E-state index contributed by atoms with van der Waals surface area (Å²) in [5.41, 5.74) is 0.975. The van der Waals surface area contributed by atoms with Crippen molar-refractivity contribution < 1.29 is 13.2 Å². The Hall–Kier alpha value is -1.43. The number of hydrogen-bond donors (Lipinski definition) is 1. The number of hydrogen-bond acceptors (Lipinski definition) is 3. The van der Waals surface area contributed by atoms with Gasteiger partial charge in [0.1, 0.15) is 5.75 Å². The van der Waals surface area contributed by atoms with E-state index in [4.69, 9.17) is 27.9 Å². The molecule has 0 amide bonds. The van der Waals surface area contributed by atoms with E-state index in [0.717, 1.165) is 5.56 Å². The molecule has 0 aliphatic heterocycles. The van der Waals surface area contributed by atoms with E-state index >= 15 is 0 Å². The van der Waals surface area contributed by atoms with E-state index in [1.165, 1.54) is 18.2 Å². The first-order valence-electron chi connectivity index (χ1n) is 6.55. The number of anilines is 1. The van der Waals surface area contributed by atoms with Crippen LogP contribution in [0.25, 0.3) is 0 Å². The summed E-state index contributed by atoms with van der Waals surface area (Å²) in [5.74, 6) is 0.655. The van der Waals surface area contributed by atoms with Crippen molar-refractivity contribution in [3.63, 3.8) is 0 Å². The molecule has 118 valence electrons. The maximum absolute atomic E-state index is 12.4. The van der Waals surface area contributed by atoms with Crippen LogP contribution in [0.2, 0.25) is 10.0 Å². The molecular weight excluding hydrogens is 345 g/mol. The molecule has 7 heteroatoms. The molecule has 1 N–H and O–H groups in total. The Balaban J connectivity index is 2.34. The Kier molecular flexibility index (Phi) is 5.21. The molecule has 0 saturated carbocycles. The zero-order valence-electron chi connectivity index (χ0n) is 12.1. The minimum atomic E-state index is -3.76. The highest BCUT2D eigenvalue weighted by Crippen LogP contribution is 2.29. The molecule has 0 fully saturated rings. The summed E-state index contributed by atoms with van der Waals surface area (Å²) in [6.45, 7) is 4.17.